The van der Waals surface area contributed by atoms with Crippen molar-refractivity contribution >= 4 is 24.2 Å². The number of piperidine rings is 1. The van der Waals surface area contributed by atoms with E-state index in [-0.39, 0.29) is 16.6 Å². The van der Waals surface area contributed by atoms with Crippen LogP contribution in [-0.2, 0) is 19.5 Å². The minimum absolute atomic E-state index is 0.346. The molecule has 2 bridgehead atoms. The topological polar surface area (TPSA) is 50.8 Å². The zero-order valence-electron chi connectivity index (χ0n) is 23.4. The highest BCUT2D eigenvalue weighted by molar-refractivity contribution is 6.62. The molecule has 200 valence electrons. The van der Waals surface area contributed by atoms with Gasteiger partial charge in [-0.25, -0.2) is 0 Å². The second-order valence-electron chi connectivity index (χ2n) is 14.4. The second-order valence-corrected chi connectivity index (χ2v) is 14.4. The van der Waals surface area contributed by atoms with E-state index in [4.69, 9.17) is 9.31 Å². The van der Waals surface area contributed by atoms with Crippen molar-refractivity contribution < 1.29 is 14.1 Å². The van der Waals surface area contributed by atoms with Gasteiger partial charge in [-0.2, -0.15) is 0 Å². The third kappa shape index (κ3) is 3.79. The van der Waals surface area contributed by atoms with Crippen molar-refractivity contribution in [1.29, 1.82) is 0 Å². The fourth-order valence-electron chi connectivity index (χ4n) is 8.60. The van der Waals surface area contributed by atoms with E-state index in [1.807, 2.05) is 0 Å². The lowest BCUT2D eigenvalue weighted by Crippen LogP contribution is -2.54. The molecule has 2 saturated heterocycles. The summed E-state index contributed by atoms with van der Waals surface area (Å²) in [6, 6.07) is 6.98. The summed E-state index contributed by atoms with van der Waals surface area (Å²) < 4.78 is 12.8. The Bertz CT molecular complexity index is 1050. The van der Waals surface area contributed by atoms with Crippen LogP contribution in [0.15, 0.2) is 18.2 Å². The standard InChI is InChI=1S/C31H45BN2O3/c1-29(2)30(3,4)37-32(36-29)24-8-9-26-27(19-24)34(28(35)31(26)10-12-33-13-11-31)25-17-23(18-25)22-7-5-6-20-14-21(15-20)16-22/h8-9,19-23,25,33H,5-7,10-18H2,1-4H3. The Morgan fingerprint density at radius 2 is 1.59 bits per heavy atom. The maximum atomic E-state index is 14.3. The summed E-state index contributed by atoms with van der Waals surface area (Å²) >= 11 is 0. The van der Waals surface area contributed by atoms with Crippen LogP contribution in [0.5, 0.6) is 0 Å². The molecule has 0 radical (unpaired) electrons. The molecular formula is C31H45BN2O3. The second kappa shape index (κ2) is 8.57. The summed E-state index contributed by atoms with van der Waals surface area (Å²) in [5.74, 6) is 4.07. The number of anilines is 1. The summed E-state index contributed by atoms with van der Waals surface area (Å²) in [6.45, 7) is 10.2. The lowest BCUT2D eigenvalue weighted by atomic mass is 9.60. The Morgan fingerprint density at radius 1 is 0.892 bits per heavy atom. The molecule has 1 spiro atoms. The van der Waals surface area contributed by atoms with Gasteiger partial charge in [0, 0.05) is 11.7 Å². The van der Waals surface area contributed by atoms with Crippen molar-refractivity contribution in [2.24, 2.45) is 23.7 Å². The lowest BCUT2D eigenvalue weighted by molar-refractivity contribution is -0.125. The van der Waals surface area contributed by atoms with Gasteiger partial charge >= 0.3 is 7.12 Å². The number of benzene rings is 1. The summed E-state index contributed by atoms with van der Waals surface area (Å²) in [6.07, 6.45) is 12.9. The van der Waals surface area contributed by atoms with Crippen molar-refractivity contribution in [1.82, 2.24) is 5.32 Å². The van der Waals surface area contributed by atoms with Gasteiger partial charge in [0.15, 0.2) is 0 Å². The molecule has 4 aliphatic carbocycles. The normalized spacial score (nSPS) is 37.5. The van der Waals surface area contributed by atoms with E-state index in [2.05, 4.69) is 56.1 Å². The van der Waals surface area contributed by atoms with Crippen LogP contribution in [-0.4, -0.2) is 43.4 Å². The Balaban J connectivity index is 1.16. The first-order chi connectivity index (χ1) is 17.7. The molecule has 37 heavy (non-hydrogen) atoms. The van der Waals surface area contributed by atoms with Gasteiger partial charge in [-0.1, -0.05) is 31.4 Å². The summed E-state index contributed by atoms with van der Waals surface area (Å²) in [4.78, 5) is 16.5. The number of amides is 1. The van der Waals surface area contributed by atoms with Crippen LogP contribution in [0.1, 0.15) is 97.5 Å². The number of nitrogens with zero attached hydrogens (tertiary/aromatic N) is 1. The van der Waals surface area contributed by atoms with Crippen molar-refractivity contribution in [3.05, 3.63) is 23.8 Å². The van der Waals surface area contributed by atoms with Gasteiger partial charge in [-0.3, -0.25) is 4.79 Å². The first-order valence-electron chi connectivity index (χ1n) is 15.2. The monoisotopic (exact) mass is 504 g/mol. The van der Waals surface area contributed by atoms with E-state index in [9.17, 15) is 4.79 Å². The van der Waals surface area contributed by atoms with E-state index in [1.54, 1.807) is 0 Å². The van der Waals surface area contributed by atoms with E-state index < -0.39 is 7.12 Å². The highest BCUT2D eigenvalue weighted by atomic mass is 16.7. The molecule has 1 N–H and O–H groups in total. The van der Waals surface area contributed by atoms with E-state index in [1.165, 1.54) is 56.9 Å². The minimum Gasteiger partial charge on any atom is -0.399 e. The van der Waals surface area contributed by atoms with E-state index in [0.29, 0.717) is 11.9 Å². The van der Waals surface area contributed by atoms with Gasteiger partial charge < -0.3 is 19.5 Å². The fraction of sp³-hybridized carbons (Fsp3) is 0.774. The molecule has 0 aromatic heterocycles. The molecule has 4 saturated carbocycles. The quantitative estimate of drug-likeness (QED) is 0.592. The Kier molecular flexibility index (Phi) is 5.71. The number of carbonyl (C=O) groups is 1. The maximum Gasteiger partial charge on any atom is 0.494 e. The molecule has 5 nitrogen and oxygen atoms in total. The number of hydrogen-bond donors (Lipinski definition) is 1. The van der Waals surface area contributed by atoms with Crippen molar-refractivity contribution in [2.75, 3.05) is 18.0 Å². The van der Waals surface area contributed by atoms with Gasteiger partial charge in [0.05, 0.1) is 16.6 Å². The van der Waals surface area contributed by atoms with Crippen LogP contribution in [0.4, 0.5) is 5.69 Å². The number of rotatable bonds is 3. The Morgan fingerprint density at radius 3 is 2.30 bits per heavy atom. The SMILES string of the molecule is CC1(C)OB(c2ccc3c(c2)N(C2CC(C4CCCC5CC(C5)C4)C2)C(=O)C32CCNCC2)OC1(C)C. The van der Waals surface area contributed by atoms with Gasteiger partial charge in [0.25, 0.3) is 0 Å². The molecule has 3 heterocycles. The molecule has 1 unspecified atom stereocenters. The average molecular weight is 505 g/mol. The van der Waals surface area contributed by atoms with Crippen LogP contribution >= 0.6 is 0 Å². The highest BCUT2D eigenvalue weighted by Gasteiger charge is 2.56. The zero-order valence-corrected chi connectivity index (χ0v) is 23.4. The summed E-state index contributed by atoms with van der Waals surface area (Å²) in [7, 11) is -0.396. The van der Waals surface area contributed by atoms with Crippen LogP contribution in [0.25, 0.3) is 0 Å². The third-order valence-corrected chi connectivity index (χ3v) is 11.7. The lowest BCUT2D eigenvalue weighted by Gasteiger charge is -2.49. The molecule has 6 fully saturated rings. The summed E-state index contributed by atoms with van der Waals surface area (Å²) in [5, 5.41) is 3.49. The Hall–Kier alpha value is -1.37. The average Bonchev–Trinajstić information content (AvgIpc) is 3.14. The van der Waals surface area contributed by atoms with Crippen LogP contribution in [0.2, 0.25) is 0 Å². The minimum atomic E-state index is -0.396. The Labute approximate surface area is 223 Å². The molecule has 1 atom stereocenters. The van der Waals surface area contributed by atoms with Crippen LogP contribution < -0.4 is 15.7 Å². The van der Waals surface area contributed by atoms with Crippen molar-refractivity contribution in [2.45, 2.75) is 115 Å². The van der Waals surface area contributed by atoms with Gasteiger partial charge in [-0.15, -0.1) is 0 Å². The summed E-state index contributed by atoms with van der Waals surface area (Å²) in [5.41, 5.74) is 2.32. The van der Waals surface area contributed by atoms with Crippen LogP contribution in [0, 0.1) is 23.7 Å². The molecule has 1 amide bonds. The number of fused-ring (bicyclic) bond motifs is 6. The first kappa shape index (κ1) is 24.7. The fourth-order valence-corrected chi connectivity index (χ4v) is 8.60. The van der Waals surface area contributed by atoms with Crippen molar-refractivity contribution in [3.63, 3.8) is 0 Å². The first-order valence-corrected chi connectivity index (χ1v) is 15.2. The van der Waals surface area contributed by atoms with E-state index in [0.717, 1.165) is 60.8 Å². The molecule has 6 heteroatoms. The number of carbonyl (C=O) groups excluding carboxylic acids is 1. The maximum absolute atomic E-state index is 14.3. The molecule has 8 rings (SSSR count). The van der Waals surface area contributed by atoms with Crippen LogP contribution in [0.3, 0.4) is 0 Å². The molecule has 1 aromatic carbocycles. The predicted octanol–water partition coefficient (Wildman–Crippen LogP) is 4.95. The zero-order chi connectivity index (χ0) is 25.6. The number of nitrogens with one attached hydrogen (secondary N) is 1. The molecule has 1 aromatic rings. The highest BCUT2D eigenvalue weighted by Crippen LogP contribution is 2.54. The third-order valence-electron chi connectivity index (χ3n) is 11.7. The molecular weight excluding hydrogens is 459 g/mol. The van der Waals surface area contributed by atoms with Gasteiger partial charge in [-0.05, 0) is 126 Å². The smallest absolute Gasteiger partial charge is 0.399 e. The predicted molar refractivity (Wildman–Crippen MR) is 148 cm³/mol. The molecule has 7 aliphatic rings. The number of hydrogen-bond acceptors (Lipinski definition) is 4. The van der Waals surface area contributed by atoms with E-state index >= 15 is 0 Å². The molecule has 3 aliphatic heterocycles. The van der Waals surface area contributed by atoms with Crippen molar-refractivity contribution in [3.8, 4) is 0 Å². The van der Waals surface area contributed by atoms with Gasteiger partial charge in [0.1, 0.15) is 0 Å². The largest absolute Gasteiger partial charge is 0.494 e. The van der Waals surface area contributed by atoms with Gasteiger partial charge in [0.2, 0.25) is 5.91 Å².